The summed E-state index contributed by atoms with van der Waals surface area (Å²) in [5.41, 5.74) is 4.86. The van der Waals surface area contributed by atoms with Gasteiger partial charge in [-0.25, -0.2) is 9.86 Å². The van der Waals surface area contributed by atoms with Crippen LogP contribution in [0.2, 0.25) is 0 Å². The summed E-state index contributed by atoms with van der Waals surface area (Å²) in [6.07, 6.45) is 0. The molecule has 21 heavy (non-hydrogen) atoms. The molecule has 0 spiro atoms. The molecule has 0 aliphatic carbocycles. The lowest BCUT2D eigenvalue weighted by molar-refractivity contribution is -0.0260. The van der Waals surface area contributed by atoms with Crippen molar-refractivity contribution in [1.29, 1.82) is 0 Å². The second-order valence-electron chi connectivity index (χ2n) is 5.33. The average Bonchev–Trinajstić information content (AvgIpc) is 2.42. The smallest absolute Gasteiger partial charge is 0.335 e. The van der Waals surface area contributed by atoms with E-state index in [0.717, 1.165) is 11.3 Å². The maximum atomic E-state index is 10.9. The van der Waals surface area contributed by atoms with E-state index in [1.807, 2.05) is 23.3 Å². The standard InChI is InChI=1S/C17H17NO3/c1-11-3-8-15(9-12(11)2)18-16(10-21-18)13-4-6-14(7-5-13)17(19)20/h3-9,16H,10H2,1-2H3,(H,19,20). The third-order valence-corrected chi connectivity index (χ3v) is 3.94. The third kappa shape index (κ3) is 2.50. The number of aromatic carboxylic acids is 1. The Hall–Kier alpha value is -2.33. The zero-order valence-electron chi connectivity index (χ0n) is 12.0. The summed E-state index contributed by atoms with van der Waals surface area (Å²) in [6.45, 7) is 4.77. The van der Waals surface area contributed by atoms with E-state index in [9.17, 15) is 4.79 Å². The maximum absolute atomic E-state index is 10.9. The van der Waals surface area contributed by atoms with Gasteiger partial charge in [-0.1, -0.05) is 18.2 Å². The summed E-state index contributed by atoms with van der Waals surface area (Å²) in [6, 6.07) is 13.3. The normalized spacial score (nSPS) is 17.4. The molecule has 1 atom stereocenters. The van der Waals surface area contributed by atoms with Gasteiger partial charge in [-0.3, -0.25) is 4.84 Å². The molecule has 2 aromatic carbocycles. The molecule has 1 heterocycles. The van der Waals surface area contributed by atoms with Crippen LogP contribution >= 0.6 is 0 Å². The number of anilines is 1. The highest BCUT2D eigenvalue weighted by molar-refractivity contribution is 5.87. The van der Waals surface area contributed by atoms with E-state index in [1.165, 1.54) is 11.1 Å². The Morgan fingerprint density at radius 2 is 1.86 bits per heavy atom. The molecule has 0 bridgehead atoms. The van der Waals surface area contributed by atoms with Gasteiger partial charge in [0.05, 0.1) is 11.3 Å². The number of hydroxylamine groups is 1. The minimum atomic E-state index is -0.905. The van der Waals surface area contributed by atoms with Crippen molar-refractivity contribution < 1.29 is 14.7 Å². The fourth-order valence-corrected chi connectivity index (χ4v) is 2.42. The topological polar surface area (TPSA) is 49.8 Å². The van der Waals surface area contributed by atoms with Crippen LogP contribution in [-0.2, 0) is 4.84 Å². The Balaban J connectivity index is 1.83. The molecule has 0 radical (unpaired) electrons. The molecular weight excluding hydrogens is 266 g/mol. The van der Waals surface area contributed by atoms with Crippen molar-refractivity contribution >= 4 is 11.7 Å². The van der Waals surface area contributed by atoms with Crippen LogP contribution < -0.4 is 5.06 Å². The fraction of sp³-hybridized carbons (Fsp3) is 0.235. The highest BCUT2D eigenvalue weighted by Crippen LogP contribution is 2.35. The lowest BCUT2D eigenvalue weighted by Crippen LogP contribution is -2.43. The van der Waals surface area contributed by atoms with Gasteiger partial charge in [0.1, 0.15) is 12.6 Å². The molecule has 1 aliphatic heterocycles. The van der Waals surface area contributed by atoms with Crippen LogP contribution in [-0.4, -0.2) is 17.7 Å². The van der Waals surface area contributed by atoms with Crippen molar-refractivity contribution in [3.05, 3.63) is 64.7 Å². The predicted molar refractivity (Wildman–Crippen MR) is 80.5 cm³/mol. The van der Waals surface area contributed by atoms with E-state index in [0.29, 0.717) is 12.2 Å². The molecular formula is C17H17NO3. The molecule has 1 aliphatic rings. The second-order valence-corrected chi connectivity index (χ2v) is 5.33. The van der Waals surface area contributed by atoms with Crippen LogP contribution in [0.4, 0.5) is 5.69 Å². The van der Waals surface area contributed by atoms with Gasteiger partial charge in [0.25, 0.3) is 0 Å². The van der Waals surface area contributed by atoms with Crippen LogP contribution in [0.15, 0.2) is 42.5 Å². The van der Waals surface area contributed by atoms with Crippen LogP contribution in [0.1, 0.15) is 33.1 Å². The molecule has 4 heteroatoms. The number of rotatable bonds is 3. The first-order valence-corrected chi connectivity index (χ1v) is 6.89. The van der Waals surface area contributed by atoms with E-state index < -0.39 is 5.97 Å². The van der Waals surface area contributed by atoms with E-state index in [-0.39, 0.29) is 6.04 Å². The first kappa shape index (κ1) is 13.6. The predicted octanol–water partition coefficient (Wildman–Crippen LogP) is 3.49. The Morgan fingerprint density at radius 3 is 2.38 bits per heavy atom. The van der Waals surface area contributed by atoms with Crippen molar-refractivity contribution in [2.45, 2.75) is 19.9 Å². The number of nitrogens with zero attached hydrogens (tertiary/aromatic N) is 1. The summed E-state index contributed by atoms with van der Waals surface area (Å²) in [5, 5.41) is 10.8. The zero-order valence-corrected chi connectivity index (χ0v) is 12.0. The van der Waals surface area contributed by atoms with E-state index in [1.54, 1.807) is 12.1 Å². The van der Waals surface area contributed by atoms with Crippen LogP contribution in [0.25, 0.3) is 0 Å². The summed E-state index contributed by atoms with van der Waals surface area (Å²) in [4.78, 5) is 16.5. The molecule has 108 valence electrons. The highest BCUT2D eigenvalue weighted by Gasteiger charge is 2.31. The Bertz CT molecular complexity index is 679. The fourth-order valence-electron chi connectivity index (χ4n) is 2.42. The lowest BCUT2D eigenvalue weighted by Gasteiger charge is -2.41. The lowest BCUT2D eigenvalue weighted by atomic mass is 10.0. The molecule has 1 fully saturated rings. The molecule has 3 rings (SSSR count). The van der Waals surface area contributed by atoms with Crippen LogP contribution in [0, 0.1) is 13.8 Å². The average molecular weight is 283 g/mol. The van der Waals surface area contributed by atoms with E-state index in [4.69, 9.17) is 9.94 Å². The monoisotopic (exact) mass is 283 g/mol. The quantitative estimate of drug-likeness (QED) is 0.936. The van der Waals surface area contributed by atoms with Gasteiger partial charge < -0.3 is 5.11 Å². The molecule has 0 aromatic heterocycles. The molecule has 1 unspecified atom stereocenters. The molecule has 0 amide bonds. The van der Waals surface area contributed by atoms with E-state index in [2.05, 4.69) is 26.0 Å². The number of carboxylic acid groups (broad SMARTS) is 1. The number of carboxylic acids is 1. The Labute approximate surface area is 123 Å². The van der Waals surface area contributed by atoms with Gasteiger partial charge in [-0.2, -0.15) is 0 Å². The summed E-state index contributed by atoms with van der Waals surface area (Å²) in [5.74, 6) is -0.905. The van der Waals surface area contributed by atoms with Crippen LogP contribution in [0.5, 0.6) is 0 Å². The number of aryl methyl sites for hydroxylation is 2. The van der Waals surface area contributed by atoms with Crippen molar-refractivity contribution in [2.24, 2.45) is 0 Å². The first-order chi connectivity index (χ1) is 10.1. The number of hydrogen-bond donors (Lipinski definition) is 1. The van der Waals surface area contributed by atoms with Crippen molar-refractivity contribution in [1.82, 2.24) is 0 Å². The highest BCUT2D eigenvalue weighted by atomic mass is 16.7. The largest absolute Gasteiger partial charge is 0.478 e. The SMILES string of the molecule is Cc1ccc(N2OCC2c2ccc(C(=O)O)cc2)cc1C. The Kier molecular flexibility index (Phi) is 3.39. The molecule has 0 saturated carbocycles. The van der Waals surface area contributed by atoms with Gasteiger partial charge in [-0.15, -0.1) is 0 Å². The number of benzene rings is 2. The van der Waals surface area contributed by atoms with E-state index >= 15 is 0 Å². The van der Waals surface area contributed by atoms with Crippen molar-refractivity contribution in [3.8, 4) is 0 Å². The van der Waals surface area contributed by atoms with Gasteiger partial charge in [-0.05, 0) is 54.8 Å². The van der Waals surface area contributed by atoms with Crippen molar-refractivity contribution in [3.63, 3.8) is 0 Å². The van der Waals surface area contributed by atoms with Gasteiger partial charge in [0.15, 0.2) is 0 Å². The molecule has 1 N–H and O–H groups in total. The third-order valence-electron chi connectivity index (χ3n) is 3.94. The minimum absolute atomic E-state index is 0.134. The van der Waals surface area contributed by atoms with Crippen LogP contribution in [0.3, 0.4) is 0 Å². The van der Waals surface area contributed by atoms with Crippen molar-refractivity contribution in [2.75, 3.05) is 11.7 Å². The molecule has 4 nitrogen and oxygen atoms in total. The minimum Gasteiger partial charge on any atom is -0.478 e. The maximum Gasteiger partial charge on any atom is 0.335 e. The number of hydrogen-bond acceptors (Lipinski definition) is 3. The van der Waals surface area contributed by atoms with Gasteiger partial charge in [0.2, 0.25) is 0 Å². The first-order valence-electron chi connectivity index (χ1n) is 6.89. The summed E-state index contributed by atoms with van der Waals surface area (Å²) < 4.78 is 0. The molecule has 1 saturated heterocycles. The second kappa shape index (κ2) is 5.22. The summed E-state index contributed by atoms with van der Waals surface area (Å²) >= 11 is 0. The number of carbonyl (C=O) groups is 1. The summed E-state index contributed by atoms with van der Waals surface area (Å²) in [7, 11) is 0. The zero-order chi connectivity index (χ0) is 15.0. The van der Waals surface area contributed by atoms with Gasteiger partial charge in [0, 0.05) is 0 Å². The van der Waals surface area contributed by atoms with Gasteiger partial charge >= 0.3 is 5.97 Å². The molecule has 2 aromatic rings. The Morgan fingerprint density at radius 1 is 1.14 bits per heavy atom.